The second-order valence-corrected chi connectivity index (χ2v) is 10.4. The number of nitrogens with zero attached hydrogens (tertiary/aromatic N) is 1. The van der Waals surface area contributed by atoms with E-state index in [-0.39, 0.29) is 6.54 Å². The van der Waals surface area contributed by atoms with Crippen LogP contribution in [0.25, 0.3) is 11.1 Å². The number of carboxylic acids is 1. The fraction of sp³-hybridized carbons (Fsp3) is 0.333. The van der Waals surface area contributed by atoms with Gasteiger partial charge in [0.15, 0.2) is 17.7 Å². The minimum atomic E-state index is -1.26. The number of carbonyl (C=O) groups excluding carboxylic acids is 1. The Morgan fingerprint density at radius 1 is 1.03 bits per heavy atom. The third-order valence-corrected chi connectivity index (χ3v) is 6.55. The minimum Gasteiger partial charge on any atom is -0.493 e. The van der Waals surface area contributed by atoms with E-state index >= 15 is 0 Å². The number of anilines is 1. The smallest absolute Gasteiger partial charge is 0.337 e. The van der Waals surface area contributed by atoms with Gasteiger partial charge in [-0.3, -0.25) is 4.79 Å². The van der Waals surface area contributed by atoms with Gasteiger partial charge in [0.05, 0.1) is 12.7 Å². The molecule has 8 heteroatoms. The number of aryl methyl sites for hydroxylation is 2. The number of hydrogen-bond donors (Lipinski definition) is 1. The first-order valence-electron chi connectivity index (χ1n) is 12.3. The third-order valence-electron chi connectivity index (χ3n) is 6.55. The van der Waals surface area contributed by atoms with Gasteiger partial charge in [0, 0.05) is 17.8 Å². The van der Waals surface area contributed by atoms with E-state index in [9.17, 15) is 23.5 Å². The minimum absolute atomic E-state index is 0.201. The van der Waals surface area contributed by atoms with Crippen molar-refractivity contribution in [3.63, 3.8) is 0 Å². The molecule has 1 aliphatic heterocycles. The van der Waals surface area contributed by atoms with Crippen molar-refractivity contribution < 1.29 is 33.0 Å². The summed E-state index contributed by atoms with van der Waals surface area (Å²) >= 11 is 0. The topological polar surface area (TPSA) is 76.1 Å². The molecule has 0 radical (unpaired) electrons. The zero-order valence-corrected chi connectivity index (χ0v) is 22.3. The fourth-order valence-corrected chi connectivity index (χ4v) is 4.95. The molecule has 0 spiro atoms. The zero-order valence-electron chi connectivity index (χ0n) is 22.3. The van der Waals surface area contributed by atoms with Crippen LogP contribution in [0.2, 0.25) is 0 Å². The van der Waals surface area contributed by atoms with Gasteiger partial charge < -0.3 is 19.5 Å². The molecule has 0 aliphatic carbocycles. The summed E-state index contributed by atoms with van der Waals surface area (Å²) < 4.78 is 40.2. The lowest BCUT2D eigenvalue weighted by Gasteiger charge is -2.29. The first kappa shape index (κ1) is 27.3. The number of hydrogen-bond acceptors (Lipinski definition) is 4. The maximum atomic E-state index is 14.8. The molecule has 0 aromatic heterocycles. The monoisotopic (exact) mass is 523 g/mol. The van der Waals surface area contributed by atoms with Gasteiger partial charge in [0.1, 0.15) is 11.4 Å². The van der Waals surface area contributed by atoms with Crippen molar-refractivity contribution in [2.75, 3.05) is 18.6 Å². The molecule has 1 atom stereocenters. The number of ether oxygens (including phenoxy) is 2. The number of aliphatic carboxylic acids is 1. The van der Waals surface area contributed by atoms with Crippen LogP contribution < -0.4 is 9.64 Å². The van der Waals surface area contributed by atoms with E-state index < -0.39 is 46.5 Å². The molecule has 0 unspecified atom stereocenters. The lowest BCUT2D eigenvalue weighted by Crippen LogP contribution is -2.30. The molecular weight excluding hydrogens is 492 g/mol. The molecule has 0 bridgehead atoms. The highest BCUT2D eigenvalue weighted by atomic mass is 19.1. The SMILES string of the molecule is COc1c(F)ccc(F)c1C(=O)N1CCc2c1cc(C)c([C@H](OC(C)(C)C)C(=O)O)c2-c1ccc(C)cc1. The van der Waals surface area contributed by atoms with Crippen molar-refractivity contribution in [2.24, 2.45) is 0 Å². The van der Waals surface area contributed by atoms with Crippen LogP contribution in [0.15, 0.2) is 42.5 Å². The summed E-state index contributed by atoms with van der Waals surface area (Å²) in [5, 5.41) is 10.2. The maximum absolute atomic E-state index is 14.8. The molecule has 1 N–H and O–H groups in total. The Kier molecular flexibility index (Phi) is 7.30. The molecule has 6 nitrogen and oxygen atoms in total. The predicted molar refractivity (Wildman–Crippen MR) is 141 cm³/mol. The first-order chi connectivity index (χ1) is 17.8. The largest absolute Gasteiger partial charge is 0.493 e. The van der Waals surface area contributed by atoms with E-state index in [1.807, 2.05) is 31.2 Å². The summed E-state index contributed by atoms with van der Waals surface area (Å²) in [6, 6.07) is 11.2. The van der Waals surface area contributed by atoms with Crippen LogP contribution in [0, 0.1) is 25.5 Å². The summed E-state index contributed by atoms with van der Waals surface area (Å²) in [4.78, 5) is 27.5. The Morgan fingerprint density at radius 2 is 1.66 bits per heavy atom. The normalized spacial score (nSPS) is 13.8. The van der Waals surface area contributed by atoms with Gasteiger partial charge >= 0.3 is 5.97 Å². The number of fused-ring (bicyclic) bond motifs is 1. The molecule has 1 amide bonds. The lowest BCUT2D eigenvalue weighted by molar-refractivity contribution is -0.160. The number of carbonyl (C=O) groups is 2. The Balaban J connectivity index is 1.95. The summed E-state index contributed by atoms with van der Waals surface area (Å²) in [7, 11) is 1.18. The van der Waals surface area contributed by atoms with Crippen LogP contribution in [0.1, 0.15) is 59.5 Å². The van der Waals surface area contributed by atoms with E-state index in [1.54, 1.807) is 33.8 Å². The highest BCUT2D eigenvalue weighted by molar-refractivity contribution is 6.10. The van der Waals surface area contributed by atoms with Crippen LogP contribution >= 0.6 is 0 Å². The van der Waals surface area contributed by atoms with E-state index in [1.165, 1.54) is 12.0 Å². The second kappa shape index (κ2) is 10.2. The van der Waals surface area contributed by atoms with Crippen molar-refractivity contribution in [1.82, 2.24) is 0 Å². The van der Waals surface area contributed by atoms with Crippen LogP contribution in [-0.2, 0) is 16.0 Å². The molecule has 4 rings (SSSR count). The summed E-state index contributed by atoms with van der Waals surface area (Å²) in [5.74, 6) is -4.06. The van der Waals surface area contributed by atoms with Gasteiger partial charge in [-0.1, -0.05) is 29.8 Å². The van der Waals surface area contributed by atoms with Gasteiger partial charge in [-0.25, -0.2) is 13.6 Å². The molecule has 0 saturated heterocycles. The number of amides is 1. The first-order valence-corrected chi connectivity index (χ1v) is 12.3. The van der Waals surface area contributed by atoms with Crippen molar-refractivity contribution >= 4 is 17.6 Å². The average Bonchev–Trinajstić information content (AvgIpc) is 3.26. The van der Waals surface area contributed by atoms with Crippen LogP contribution in [0.4, 0.5) is 14.5 Å². The summed E-state index contributed by atoms with van der Waals surface area (Å²) in [6.45, 7) is 9.29. The van der Waals surface area contributed by atoms with Gasteiger partial charge in [-0.05, 0) is 81.5 Å². The Bertz CT molecular complexity index is 1410. The van der Waals surface area contributed by atoms with Gasteiger partial charge in [-0.2, -0.15) is 0 Å². The molecular formula is C30H31F2NO5. The van der Waals surface area contributed by atoms with Crippen LogP contribution in [-0.4, -0.2) is 36.2 Å². The van der Waals surface area contributed by atoms with Crippen LogP contribution in [0.5, 0.6) is 5.75 Å². The van der Waals surface area contributed by atoms with Crippen molar-refractivity contribution in [2.45, 2.75) is 52.7 Å². The number of rotatable bonds is 6. The Morgan fingerprint density at radius 3 is 2.24 bits per heavy atom. The average molecular weight is 524 g/mol. The van der Waals surface area contributed by atoms with E-state index in [0.29, 0.717) is 28.8 Å². The van der Waals surface area contributed by atoms with E-state index in [4.69, 9.17) is 9.47 Å². The van der Waals surface area contributed by atoms with Gasteiger partial charge in [0.25, 0.3) is 5.91 Å². The number of methoxy groups -OCH3 is 1. The molecule has 1 heterocycles. The van der Waals surface area contributed by atoms with Crippen molar-refractivity contribution in [1.29, 1.82) is 0 Å². The maximum Gasteiger partial charge on any atom is 0.337 e. The highest BCUT2D eigenvalue weighted by Crippen LogP contribution is 2.45. The van der Waals surface area contributed by atoms with Gasteiger partial charge in [-0.15, -0.1) is 0 Å². The number of carboxylic acid groups (broad SMARTS) is 1. The van der Waals surface area contributed by atoms with Crippen molar-refractivity contribution in [3.8, 4) is 16.9 Å². The molecule has 1 aliphatic rings. The highest BCUT2D eigenvalue weighted by Gasteiger charge is 2.37. The van der Waals surface area contributed by atoms with Crippen molar-refractivity contribution in [3.05, 3.63) is 81.9 Å². The second-order valence-electron chi connectivity index (χ2n) is 10.4. The molecule has 200 valence electrons. The molecule has 0 fully saturated rings. The third kappa shape index (κ3) is 5.00. The van der Waals surface area contributed by atoms with E-state index in [2.05, 4.69) is 0 Å². The molecule has 3 aromatic carbocycles. The quantitative estimate of drug-likeness (QED) is 0.405. The molecule has 3 aromatic rings. The Hall–Kier alpha value is -3.78. The fourth-order valence-electron chi connectivity index (χ4n) is 4.95. The Labute approximate surface area is 220 Å². The van der Waals surface area contributed by atoms with E-state index in [0.717, 1.165) is 28.8 Å². The van der Waals surface area contributed by atoms with Gasteiger partial charge in [0.2, 0.25) is 0 Å². The van der Waals surface area contributed by atoms with Crippen LogP contribution in [0.3, 0.4) is 0 Å². The predicted octanol–water partition coefficient (Wildman–Crippen LogP) is 6.40. The number of benzene rings is 3. The lowest BCUT2D eigenvalue weighted by atomic mass is 9.86. The standard InChI is InChI=1S/C30H31F2NO5/c1-16-7-9-18(10-8-16)24-19-13-14-33(28(34)25-20(31)11-12-21(32)26(25)37-6)22(19)15-17(2)23(24)27(29(35)36)38-30(3,4)5/h7-12,15,27H,13-14H2,1-6H3,(H,35,36)/t27-/m0/s1. The molecule has 0 saturated carbocycles. The summed E-state index contributed by atoms with van der Waals surface area (Å²) in [6.07, 6.45) is -0.874. The molecule has 38 heavy (non-hydrogen) atoms. The number of halogens is 2. The zero-order chi connectivity index (χ0) is 27.9. The summed E-state index contributed by atoms with van der Waals surface area (Å²) in [5.41, 5.74) is 3.59.